The number of carbonyl (C=O) groups is 1. The molecule has 0 aliphatic rings. The van der Waals surface area contributed by atoms with Crippen LogP contribution < -0.4 is 16.7 Å². The van der Waals surface area contributed by atoms with Crippen molar-refractivity contribution < 1.29 is 4.79 Å². The van der Waals surface area contributed by atoms with Gasteiger partial charge in [-0.3, -0.25) is 14.6 Å². The summed E-state index contributed by atoms with van der Waals surface area (Å²) in [7, 11) is 0. The lowest BCUT2D eigenvalue weighted by Gasteiger charge is -1.99. The highest BCUT2D eigenvalue weighted by Gasteiger charge is 2.08. The number of carbonyl (C=O) groups excluding carboxylic acids is 1. The van der Waals surface area contributed by atoms with E-state index in [4.69, 9.17) is 11.6 Å². The van der Waals surface area contributed by atoms with Gasteiger partial charge >= 0.3 is 5.69 Å². The van der Waals surface area contributed by atoms with Crippen molar-refractivity contribution in [3.8, 4) is 0 Å². The van der Waals surface area contributed by atoms with E-state index in [0.717, 1.165) is 0 Å². The Bertz CT molecular complexity index is 796. The molecule has 2 rings (SSSR count). The maximum absolute atomic E-state index is 11.6. The van der Waals surface area contributed by atoms with E-state index in [1.807, 2.05) is 10.1 Å². The van der Waals surface area contributed by atoms with Crippen LogP contribution in [-0.2, 0) is 11.2 Å². The van der Waals surface area contributed by atoms with Crippen LogP contribution in [0.1, 0.15) is 11.3 Å². The topological polar surface area (TPSA) is 120 Å². The minimum absolute atomic E-state index is 0.111. The predicted molar refractivity (Wildman–Crippen MR) is 76.4 cm³/mol. The summed E-state index contributed by atoms with van der Waals surface area (Å²) in [5.74, 6) is -0.552. The Labute approximate surface area is 122 Å². The fraction of sp³-hybridized carbons (Fsp3) is 0.0833. The van der Waals surface area contributed by atoms with Gasteiger partial charge in [-0.25, -0.2) is 15.3 Å². The molecule has 9 heteroatoms. The standard InChI is InChI=1S/C12H10ClN5O3/c13-8-4-2-1-3-7(8)6-14-17-10(19)5-9-11(20)15-12(21)18-16-9/h1-4,6H,5H2,(H,17,19)(H2,15,18,20,21)/b14-6+. The lowest BCUT2D eigenvalue weighted by molar-refractivity contribution is -0.120. The molecule has 0 aliphatic heterocycles. The van der Waals surface area contributed by atoms with Crippen molar-refractivity contribution in [3.63, 3.8) is 0 Å². The Kier molecular flexibility index (Phi) is 4.62. The van der Waals surface area contributed by atoms with E-state index in [-0.39, 0.29) is 12.1 Å². The summed E-state index contributed by atoms with van der Waals surface area (Å²) >= 11 is 5.91. The smallest absolute Gasteiger partial charge is 0.273 e. The Morgan fingerprint density at radius 1 is 1.38 bits per heavy atom. The largest absolute Gasteiger partial charge is 0.342 e. The van der Waals surface area contributed by atoms with Gasteiger partial charge in [0.05, 0.1) is 12.6 Å². The van der Waals surface area contributed by atoms with Crippen molar-refractivity contribution >= 4 is 23.7 Å². The molecule has 3 N–H and O–H groups in total. The van der Waals surface area contributed by atoms with Crippen LogP contribution in [0.3, 0.4) is 0 Å². The number of hydrogen-bond donors (Lipinski definition) is 3. The number of rotatable bonds is 4. The third kappa shape index (κ3) is 4.11. The number of H-pyrrole nitrogens is 2. The number of aromatic nitrogens is 3. The summed E-state index contributed by atoms with van der Waals surface area (Å²) in [6.07, 6.45) is 1.07. The summed E-state index contributed by atoms with van der Waals surface area (Å²) in [4.78, 5) is 35.7. The Morgan fingerprint density at radius 3 is 2.86 bits per heavy atom. The van der Waals surface area contributed by atoms with Crippen LogP contribution in [-0.4, -0.2) is 27.3 Å². The SMILES string of the molecule is O=C(Cc1n[nH]c(=O)[nH]c1=O)N/N=C/c1ccccc1Cl. The van der Waals surface area contributed by atoms with Crippen LogP contribution in [0.4, 0.5) is 0 Å². The fourth-order valence-corrected chi connectivity index (χ4v) is 1.62. The Hall–Kier alpha value is -2.74. The molecule has 0 aliphatic carbocycles. The first kappa shape index (κ1) is 14.7. The second-order valence-electron chi connectivity index (χ2n) is 3.95. The van der Waals surface area contributed by atoms with Gasteiger partial charge < -0.3 is 0 Å². The fourth-order valence-electron chi connectivity index (χ4n) is 1.44. The van der Waals surface area contributed by atoms with Gasteiger partial charge in [0.25, 0.3) is 5.56 Å². The predicted octanol–water partition coefficient (Wildman–Crippen LogP) is -0.196. The number of nitrogens with zero attached hydrogens (tertiary/aromatic N) is 2. The van der Waals surface area contributed by atoms with Gasteiger partial charge in [-0.15, -0.1) is 0 Å². The molecule has 0 saturated carbocycles. The van der Waals surface area contributed by atoms with Crippen LogP contribution in [0.2, 0.25) is 5.02 Å². The third-order valence-corrected chi connectivity index (χ3v) is 2.75. The minimum atomic E-state index is -0.735. The number of hydrazone groups is 1. The summed E-state index contributed by atoms with van der Waals surface area (Å²) in [5.41, 5.74) is 1.31. The van der Waals surface area contributed by atoms with Crippen molar-refractivity contribution in [2.24, 2.45) is 5.10 Å². The number of halogens is 1. The highest BCUT2D eigenvalue weighted by Crippen LogP contribution is 2.11. The van der Waals surface area contributed by atoms with Crippen molar-refractivity contribution in [2.75, 3.05) is 0 Å². The zero-order valence-electron chi connectivity index (χ0n) is 10.6. The van der Waals surface area contributed by atoms with Crippen molar-refractivity contribution in [3.05, 3.63) is 61.4 Å². The summed E-state index contributed by atoms with van der Waals surface area (Å²) in [5, 5.41) is 9.74. The first-order chi connectivity index (χ1) is 10.1. The zero-order chi connectivity index (χ0) is 15.2. The Balaban J connectivity index is 1.98. The van der Waals surface area contributed by atoms with Crippen LogP contribution >= 0.6 is 11.6 Å². The average Bonchev–Trinajstić information content (AvgIpc) is 2.44. The molecule has 2 aromatic rings. The van der Waals surface area contributed by atoms with Gasteiger partial charge in [-0.2, -0.15) is 10.2 Å². The van der Waals surface area contributed by atoms with E-state index in [9.17, 15) is 14.4 Å². The van der Waals surface area contributed by atoms with E-state index in [0.29, 0.717) is 10.6 Å². The van der Waals surface area contributed by atoms with E-state index < -0.39 is 17.2 Å². The van der Waals surface area contributed by atoms with Crippen LogP contribution in [0.25, 0.3) is 0 Å². The second kappa shape index (κ2) is 6.62. The molecule has 8 nitrogen and oxygen atoms in total. The van der Waals surface area contributed by atoms with Gasteiger partial charge in [-0.1, -0.05) is 29.8 Å². The Morgan fingerprint density at radius 2 is 2.14 bits per heavy atom. The molecule has 1 aromatic carbocycles. The van der Waals surface area contributed by atoms with Crippen LogP contribution in [0, 0.1) is 0 Å². The molecule has 0 spiro atoms. The maximum Gasteiger partial charge on any atom is 0.342 e. The highest BCUT2D eigenvalue weighted by molar-refractivity contribution is 6.33. The van der Waals surface area contributed by atoms with Gasteiger partial charge in [0.2, 0.25) is 5.91 Å². The highest BCUT2D eigenvalue weighted by atomic mass is 35.5. The molecule has 1 heterocycles. The van der Waals surface area contributed by atoms with Crippen LogP contribution in [0.15, 0.2) is 39.0 Å². The normalized spacial score (nSPS) is 10.7. The molecule has 0 atom stereocenters. The quantitative estimate of drug-likeness (QED) is 0.535. The zero-order valence-corrected chi connectivity index (χ0v) is 11.3. The van der Waals surface area contributed by atoms with Gasteiger partial charge in [0.1, 0.15) is 5.69 Å². The van der Waals surface area contributed by atoms with Gasteiger partial charge in [-0.05, 0) is 6.07 Å². The van der Waals surface area contributed by atoms with E-state index in [1.54, 1.807) is 24.3 Å². The average molecular weight is 308 g/mol. The second-order valence-corrected chi connectivity index (χ2v) is 4.35. The lowest BCUT2D eigenvalue weighted by Crippen LogP contribution is -2.31. The number of hydrogen-bond acceptors (Lipinski definition) is 5. The molecule has 0 unspecified atom stereocenters. The van der Waals surface area contributed by atoms with Crippen LogP contribution in [0.5, 0.6) is 0 Å². The van der Waals surface area contributed by atoms with Crippen molar-refractivity contribution in [2.45, 2.75) is 6.42 Å². The summed E-state index contributed by atoms with van der Waals surface area (Å²) < 4.78 is 0. The molecule has 1 amide bonds. The van der Waals surface area contributed by atoms with Gasteiger partial charge in [0, 0.05) is 10.6 Å². The first-order valence-corrected chi connectivity index (χ1v) is 6.18. The van der Waals surface area contributed by atoms with Gasteiger partial charge in [0.15, 0.2) is 0 Å². The maximum atomic E-state index is 11.6. The number of benzene rings is 1. The molecule has 0 radical (unpaired) electrons. The molecular weight excluding hydrogens is 298 g/mol. The van der Waals surface area contributed by atoms with E-state index in [2.05, 4.69) is 15.6 Å². The first-order valence-electron chi connectivity index (χ1n) is 5.80. The van der Waals surface area contributed by atoms with E-state index in [1.165, 1.54) is 6.21 Å². The van der Waals surface area contributed by atoms with Crippen molar-refractivity contribution in [1.29, 1.82) is 0 Å². The molecule has 0 fully saturated rings. The summed E-state index contributed by atoms with van der Waals surface area (Å²) in [6.45, 7) is 0. The number of amides is 1. The lowest BCUT2D eigenvalue weighted by atomic mass is 10.2. The molecular formula is C12H10ClN5O3. The molecule has 0 bridgehead atoms. The monoisotopic (exact) mass is 307 g/mol. The molecule has 108 valence electrons. The summed E-state index contributed by atoms with van der Waals surface area (Å²) in [6, 6.07) is 6.96. The molecule has 21 heavy (non-hydrogen) atoms. The van der Waals surface area contributed by atoms with Crippen molar-refractivity contribution in [1.82, 2.24) is 20.6 Å². The molecule has 1 aromatic heterocycles. The number of aromatic amines is 2. The third-order valence-electron chi connectivity index (χ3n) is 2.41. The molecule has 0 saturated heterocycles. The minimum Gasteiger partial charge on any atom is -0.273 e. The van der Waals surface area contributed by atoms with E-state index >= 15 is 0 Å². The number of nitrogens with one attached hydrogen (secondary N) is 3.